The summed E-state index contributed by atoms with van der Waals surface area (Å²) in [4.78, 5) is 35.3. The zero-order valence-corrected chi connectivity index (χ0v) is 22.3. The second-order valence-corrected chi connectivity index (χ2v) is 10.2. The van der Waals surface area contributed by atoms with E-state index in [1.807, 2.05) is 50.5 Å². The molecule has 6 nitrogen and oxygen atoms in total. The van der Waals surface area contributed by atoms with Gasteiger partial charge in [-0.3, -0.25) is 9.69 Å². The fourth-order valence-corrected chi connectivity index (χ4v) is 5.35. The molecule has 5 aromatic rings. The molecule has 3 aromatic carbocycles. The number of fused-ring (bicyclic) bond motifs is 4. The third-order valence-electron chi connectivity index (χ3n) is 6.33. The van der Waals surface area contributed by atoms with E-state index >= 15 is 0 Å². The van der Waals surface area contributed by atoms with Crippen molar-refractivity contribution >= 4 is 66.7 Å². The Morgan fingerprint density at radius 2 is 1.72 bits per heavy atom. The third kappa shape index (κ3) is 4.87. The Bertz CT molecular complexity index is 1600. The summed E-state index contributed by atoms with van der Waals surface area (Å²) in [6.45, 7) is 5.38. The van der Waals surface area contributed by atoms with Gasteiger partial charge in [0.05, 0.1) is 10.2 Å². The van der Waals surface area contributed by atoms with E-state index in [0.29, 0.717) is 17.3 Å². The van der Waals surface area contributed by atoms with Crippen LogP contribution in [-0.2, 0) is 0 Å². The molecule has 0 aliphatic heterocycles. The van der Waals surface area contributed by atoms with Crippen LogP contribution >= 0.6 is 23.7 Å². The van der Waals surface area contributed by atoms with E-state index in [1.54, 1.807) is 17.0 Å². The van der Waals surface area contributed by atoms with Crippen LogP contribution in [0.1, 0.15) is 27.9 Å². The lowest BCUT2D eigenvalue weighted by atomic mass is 10.0. The second kappa shape index (κ2) is 10.4. The molecule has 8 heteroatoms. The minimum absolute atomic E-state index is 0. The lowest BCUT2D eigenvalue weighted by Crippen LogP contribution is -2.36. The van der Waals surface area contributed by atoms with E-state index in [0.717, 1.165) is 44.9 Å². The highest BCUT2D eigenvalue weighted by atomic mass is 35.5. The van der Waals surface area contributed by atoms with Crippen molar-refractivity contribution < 1.29 is 9.21 Å². The number of amides is 1. The molecule has 0 radical (unpaired) electrons. The smallest absolute Gasteiger partial charge is 0.349 e. The molecule has 0 unspecified atom stereocenters. The Kier molecular flexibility index (Phi) is 7.45. The number of hydrogen-bond donors (Lipinski definition) is 0. The van der Waals surface area contributed by atoms with Crippen LogP contribution in [0.2, 0.25) is 0 Å². The SMILES string of the molecule is Cc1cc2nc(N(CCCN(C)C)C(=O)c3cc4c(ccc5ccccc54)oc3=O)sc2cc1C.Cl. The molecule has 0 saturated heterocycles. The minimum Gasteiger partial charge on any atom is -0.422 e. The number of carbonyl (C=O) groups excluding carboxylic acids is 1. The lowest BCUT2D eigenvalue weighted by molar-refractivity contribution is 0.0982. The van der Waals surface area contributed by atoms with Crippen molar-refractivity contribution in [3.05, 3.63) is 81.7 Å². The van der Waals surface area contributed by atoms with Gasteiger partial charge in [0.25, 0.3) is 5.91 Å². The molecule has 1 amide bonds. The molecule has 36 heavy (non-hydrogen) atoms. The van der Waals surface area contributed by atoms with Gasteiger partial charge in [0.1, 0.15) is 11.1 Å². The van der Waals surface area contributed by atoms with Crippen LogP contribution in [0.5, 0.6) is 0 Å². The van der Waals surface area contributed by atoms with Crippen molar-refractivity contribution in [1.29, 1.82) is 0 Å². The number of nitrogens with zero attached hydrogens (tertiary/aromatic N) is 3. The quantitative estimate of drug-likeness (QED) is 0.197. The van der Waals surface area contributed by atoms with Crippen LogP contribution < -0.4 is 10.5 Å². The first-order valence-corrected chi connectivity index (χ1v) is 12.4. The Morgan fingerprint density at radius 1 is 0.972 bits per heavy atom. The Labute approximate surface area is 219 Å². The molecule has 0 aliphatic rings. The van der Waals surface area contributed by atoms with Crippen LogP contribution in [0.3, 0.4) is 0 Å². The van der Waals surface area contributed by atoms with E-state index in [-0.39, 0.29) is 23.9 Å². The Balaban J connectivity index is 0.00000304. The molecule has 0 bridgehead atoms. The molecule has 5 rings (SSSR count). The average molecular weight is 522 g/mol. The van der Waals surface area contributed by atoms with Gasteiger partial charge in [0.15, 0.2) is 5.13 Å². The van der Waals surface area contributed by atoms with Gasteiger partial charge in [-0.1, -0.05) is 41.7 Å². The van der Waals surface area contributed by atoms with Crippen LogP contribution in [0.25, 0.3) is 32.0 Å². The zero-order chi connectivity index (χ0) is 24.7. The zero-order valence-electron chi connectivity index (χ0n) is 20.7. The maximum atomic E-state index is 13.9. The summed E-state index contributed by atoms with van der Waals surface area (Å²) in [5.74, 6) is -0.389. The molecule has 186 valence electrons. The van der Waals surface area contributed by atoms with Crippen molar-refractivity contribution in [2.45, 2.75) is 20.3 Å². The molecule has 0 fully saturated rings. The predicted molar refractivity (Wildman–Crippen MR) is 151 cm³/mol. The van der Waals surface area contributed by atoms with Gasteiger partial charge >= 0.3 is 5.63 Å². The number of thiazole rings is 1. The van der Waals surface area contributed by atoms with Gasteiger partial charge in [-0.15, -0.1) is 12.4 Å². The second-order valence-electron chi connectivity index (χ2n) is 9.16. The number of anilines is 1. The fourth-order valence-electron chi connectivity index (χ4n) is 4.28. The number of rotatable bonds is 6. The van der Waals surface area contributed by atoms with Crippen LogP contribution in [0.15, 0.2) is 63.8 Å². The van der Waals surface area contributed by atoms with E-state index < -0.39 is 5.63 Å². The van der Waals surface area contributed by atoms with Crippen molar-refractivity contribution in [1.82, 2.24) is 9.88 Å². The minimum atomic E-state index is -0.636. The summed E-state index contributed by atoms with van der Waals surface area (Å²) in [5.41, 5.74) is 3.04. The average Bonchev–Trinajstić information content (AvgIpc) is 3.23. The normalized spacial score (nSPS) is 11.4. The highest BCUT2D eigenvalue weighted by Crippen LogP contribution is 2.32. The molecule has 0 spiro atoms. The summed E-state index contributed by atoms with van der Waals surface area (Å²) in [6.07, 6.45) is 0.745. The molecule has 0 saturated carbocycles. The highest BCUT2D eigenvalue weighted by molar-refractivity contribution is 7.22. The number of benzene rings is 3. The summed E-state index contributed by atoms with van der Waals surface area (Å²) in [6, 6.07) is 17.4. The molecule has 2 aromatic heterocycles. The van der Waals surface area contributed by atoms with Gasteiger partial charge in [-0.2, -0.15) is 0 Å². The van der Waals surface area contributed by atoms with E-state index in [4.69, 9.17) is 9.40 Å². The molecule has 2 heterocycles. The maximum Gasteiger partial charge on any atom is 0.349 e. The topological polar surface area (TPSA) is 66.7 Å². The van der Waals surface area contributed by atoms with E-state index in [1.165, 1.54) is 16.9 Å². The van der Waals surface area contributed by atoms with Gasteiger partial charge in [-0.05, 0) is 87.1 Å². The predicted octanol–water partition coefficient (Wildman–Crippen LogP) is 6.19. The van der Waals surface area contributed by atoms with Crippen LogP contribution in [0, 0.1) is 13.8 Å². The van der Waals surface area contributed by atoms with Crippen molar-refractivity contribution in [3.63, 3.8) is 0 Å². The van der Waals surface area contributed by atoms with Gasteiger partial charge in [-0.25, -0.2) is 9.78 Å². The van der Waals surface area contributed by atoms with Crippen molar-refractivity contribution in [2.24, 2.45) is 0 Å². The van der Waals surface area contributed by atoms with Crippen molar-refractivity contribution in [2.75, 3.05) is 32.1 Å². The molecular formula is C28H28ClN3O3S. The lowest BCUT2D eigenvalue weighted by Gasteiger charge is -2.20. The molecule has 0 aliphatic carbocycles. The molecular weight excluding hydrogens is 494 g/mol. The summed E-state index contributed by atoms with van der Waals surface area (Å²) < 4.78 is 6.63. The maximum absolute atomic E-state index is 13.9. The van der Waals surface area contributed by atoms with Gasteiger partial charge in [0, 0.05) is 11.9 Å². The van der Waals surface area contributed by atoms with Gasteiger partial charge in [0.2, 0.25) is 0 Å². The Morgan fingerprint density at radius 3 is 2.50 bits per heavy atom. The monoisotopic (exact) mass is 521 g/mol. The Hall–Kier alpha value is -3.26. The summed E-state index contributed by atoms with van der Waals surface area (Å²) in [5, 5.41) is 3.29. The summed E-state index contributed by atoms with van der Waals surface area (Å²) in [7, 11) is 4.00. The summed E-state index contributed by atoms with van der Waals surface area (Å²) >= 11 is 1.47. The standard InChI is InChI=1S/C28H27N3O3S.ClH/c1-17-14-23-25(15-18(17)2)35-28(29-23)31(13-7-12-30(3)4)26(32)22-16-21-20-9-6-5-8-19(20)10-11-24(21)34-27(22)33;/h5-6,8-11,14-16H,7,12-13H2,1-4H3;1H. The molecule has 0 atom stereocenters. The first-order chi connectivity index (χ1) is 16.8. The number of aryl methyl sites for hydroxylation is 2. The van der Waals surface area contributed by atoms with Gasteiger partial charge < -0.3 is 9.32 Å². The van der Waals surface area contributed by atoms with Crippen molar-refractivity contribution in [3.8, 4) is 0 Å². The fraction of sp³-hybridized carbons (Fsp3) is 0.250. The third-order valence-corrected chi connectivity index (χ3v) is 7.37. The number of hydrogen-bond acceptors (Lipinski definition) is 6. The highest BCUT2D eigenvalue weighted by Gasteiger charge is 2.25. The first kappa shape index (κ1) is 25.8. The van der Waals surface area contributed by atoms with Crippen LogP contribution in [-0.4, -0.2) is 43.0 Å². The number of halogens is 1. The first-order valence-electron chi connectivity index (χ1n) is 11.6. The largest absolute Gasteiger partial charge is 0.422 e. The number of aromatic nitrogens is 1. The number of carbonyl (C=O) groups is 1. The van der Waals surface area contributed by atoms with Crippen LogP contribution in [0.4, 0.5) is 5.13 Å². The van der Waals surface area contributed by atoms with E-state index in [9.17, 15) is 9.59 Å². The van der Waals surface area contributed by atoms with E-state index in [2.05, 4.69) is 24.8 Å². The molecule has 0 N–H and O–H groups in total.